The van der Waals surface area contributed by atoms with Crippen molar-refractivity contribution in [1.82, 2.24) is 10.6 Å². The van der Waals surface area contributed by atoms with E-state index in [9.17, 15) is 9.59 Å². The molecular formula is C20H22N2O3. The van der Waals surface area contributed by atoms with E-state index in [1.807, 2.05) is 24.3 Å². The van der Waals surface area contributed by atoms with Crippen molar-refractivity contribution in [1.29, 1.82) is 0 Å². The van der Waals surface area contributed by atoms with E-state index in [4.69, 9.17) is 5.11 Å². The molecule has 0 radical (unpaired) electrons. The fourth-order valence-electron chi connectivity index (χ4n) is 2.26. The molecule has 0 atom stereocenters. The average molecular weight is 338 g/mol. The zero-order chi connectivity index (χ0) is 18.1. The Balaban J connectivity index is 1.79. The maximum absolute atomic E-state index is 11.8. The third-order valence-corrected chi connectivity index (χ3v) is 3.75. The lowest BCUT2D eigenvalue weighted by atomic mass is 10.1. The van der Waals surface area contributed by atoms with E-state index >= 15 is 0 Å². The normalized spacial score (nSPS) is 10.6. The van der Waals surface area contributed by atoms with Gasteiger partial charge in [0, 0.05) is 25.2 Å². The van der Waals surface area contributed by atoms with E-state index in [1.165, 1.54) is 6.08 Å². The molecule has 0 aliphatic carbocycles. The number of hydrogen-bond acceptors (Lipinski definition) is 3. The molecule has 0 bridgehead atoms. The summed E-state index contributed by atoms with van der Waals surface area (Å²) in [5, 5.41) is 14.4. The number of rotatable bonds is 7. The molecule has 0 fully saturated rings. The number of benzene rings is 2. The molecule has 2 aromatic rings. The van der Waals surface area contributed by atoms with Crippen molar-refractivity contribution in [2.75, 3.05) is 13.6 Å². The van der Waals surface area contributed by atoms with Crippen LogP contribution in [-0.4, -0.2) is 30.5 Å². The van der Waals surface area contributed by atoms with Crippen molar-refractivity contribution in [3.8, 4) is 0 Å². The van der Waals surface area contributed by atoms with Gasteiger partial charge in [-0.2, -0.15) is 0 Å². The van der Waals surface area contributed by atoms with Crippen molar-refractivity contribution in [3.63, 3.8) is 0 Å². The first kappa shape index (κ1) is 18.4. The molecule has 2 aromatic carbocycles. The van der Waals surface area contributed by atoms with E-state index in [0.29, 0.717) is 12.1 Å². The van der Waals surface area contributed by atoms with Crippen LogP contribution in [0, 0.1) is 0 Å². The van der Waals surface area contributed by atoms with Gasteiger partial charge in [0.2, 0.25) is 5.91 Å². The van der Waals surface area contributed by atoms with Crippen LogP contribution in [0.5, 0.6) is 0 Å². The number of amides is 2. The molecule has 0 unspecified atom stereocenters. The quantitative estimate of drug-likeness (QED) is 0.675. The maximum atomic E-state index is 11.8. The van der Waals surface area contributed by atoms with Crippen LogP contribution in [-0.2, 0) is 17.8 Å². The highest BCUT2D eigenvalue weighted by atomic mass is 16.3. The Morgan fingerprint density at radius 3 is 2.24 bits per heavy atom. The monoisotopic (exact) mass is 338 g/mol. The lowest BCUT2D eigenvalue weighted by molar-refractivity contribution is -0.116. The van der Waals surface area contributed by atoms with E-state index in [1.54, 1.807) is 37.4 Å². The molecule has 0 aromatic heterocycles. The molecule has 0 saturated carbocycles. The standard InChI is InChI=1S/C20H22N2O3/c1-21-20(25)18-9-6-15(7-10-18)8-11-19(24)22-13-12-16-2-4-17(14-23)5-3-16/h2-11,23H,12-14H2,1H3,(H,21,25)(H,22,24)/b11-8+. The summed E-state index contributed by atoms with van der Waals surface area (Å²) in [5.74, 6) is -0.303. The fourth-order valence-corrected chi connectivity index (χ4v) is 2.26. The Morgan fingerprint density at radius 2 is 1.64 bits per heavy atom. The molecule has 5 nitrogen and oxygen atoms in total. The summed E-state index contributed by atoms with van der Waals surface area (Å²) < 4.78 is 0. The molecular weight excluding hydrogens is 316 g/mol. The first-order chi connectivity index (χ1) is 12.1. The molecule has 0 aliphatic rings. The second-order valence-electron chi connectivity index (χ2n) is 5.55. The van der Waals surface area contributed by atoms with Gasteiger partial charge in [-0.3, -0.25) is 9.59 Å². The molecule has 130 valence electrons. The highest BCUT2D eigenvalue weighted by Crippen LogP contribution is 2.07. The molecule has 5 heteroatoms. The Hall–Kier alpha value is -2.92. The van der Waals surface area contributed by atoms with E-state index in [-0.39, 0.29) is 18.4 Å². The van der Waals surface area contributed by atoms with Crippen LogP contribution in [0.4, 0.5) is 0 Å². The summed E-state index contributed by atoms with van der Waals surface area (Å²) in [7, 11) is 1.58. The van der Waals surface area contributed by atoms with Crippen LogP contribution in [0.15, 0.2) is 54.6 Å². The second-order valence-corrected chi connectivity index (χ2v) is 5.55. The predicted octanol–water partition coefficient (Wildman–Crippen LogP) is 1.91. The summed E-state index contributed by atoms with van der Waals surface area (Å²) in [6.45, 7) is 0.573. The van der Waals surface area contributed by atoms with Gasteiger partial charge < -0.3 is 15.7 Å². The largest absolute Gasteiger partial charge is 0.392 e. The Bertz CT molecular complexity index is 735. The number of nitrogens with one attached hydrogen (secondary N) is 2. The fraction of sp³-hybridized carbons (Fsp3) is 0.200. The number of carbonyl (C=O) groups excluding carboxylic acids is 2. The number of aliphatic hydroxyl groups excluding tert-OH is 1. The first-order valence-corrected chi connectivity index (χ1v) is 8.09. The summed E-state index contributed by atoms with van der Waals surface area (Å²) in [5.41, 5.74) is 3.41. The molecule has 2 rings (SSSR count). The summed E-state index contributed by atoms with van der Waals surface area (Å²) >= 11 is 0. The van der Waals surface area contributed by atoms with Crippen LogP contribution in [0.3, 0.4) is 0 Å². The van der Waals surface area contributed by atoms with Crippen LogP contribution >= 0.6 is 0 Å². The number of carbonyl (C=O) groups is 2. The molecule has 0 spiro atoms. The van der Waals surface area contributed by atoms with Gasteiger partial charge in [-0.05, 0) is 41.3 Å². The summed E-state index contributed by atoms with van der Waals surface area (Å²) in [6, 6.07) is 14.6. The van der Waals surface area contributed by atoms with Gasteiger partial charge in [0.15, 0.2) is 0 Å². The molecule has 25 heavy (non-hydrogen) atoms. The van der Waals surface area contributed by atoms with Crippen molar-refractivity contribution < 1.29 is 14.7 Å². The van der Waals surface area contributed by atoms with Gasteiger partial charge in [-0.1, -0.05) is 36.4 Å². The molecule has 0 aliphatic heterocycles. The minimum Gasteiger partial charge on any atom is -0.392 e. The maximum Gasteiger partial charge on any atom is 0.251 e. The van der Waals surface area contributed by atoms with Crippen molar-refractivity contribution >= 4 is 17.9 Å². The predicted molar refractivity (Wildman–Crippen MR) is 97.9 cm³/mol. The first-order valence-electron chi connectivity index (χ1n) is 8.09. The van der Waals surface area contributed by atoms with Gasteiger partial charge in [-0.25, -0.2) is 0 Å². The zero-order valence-corrected chi connectivity index (χ0v) is 14.2. The SMILES string of the molecule is CNC(=O)c1ccc(/C=C/C(=O)NCCc2ccc(CO)cc2)cc1. The van der Waals surface area contributed by atoms with Crippen LogP contribution in [0.1, 0.15) is 27.0 Å². The minimum absolute atomic E-state index is 0.0336. The lowest BCUT2D eigenvalue weighted by Crippen LogP contribution is -2.23. The van der Waals surface area contributed by atoms with E-state index in [2.05, 4.69) is 10.6 Å². The smallest absolute Gasteiger partial charge is 0.251 e. The Labute approximate surface area is 147 Å². The Morgan fingerprint density at radius 1 is 1.00 bits per heavy atom. The van der Waals surface area contributed by atoms with E-state index in [0.717, 1.165) is 23.1 Å². The van der Waals surface area contributed by atoms with Crippen molar-refractivity contribution in [2.24, 2.45) is 0 Å². The van der Waals surface area contributed by atoms with Gasteiger partial charge in [0.1, 0.15) is 0 Å². The van der Waals surface area contributed by atoms with Crippen LogP contribution < -0.4 is 10.6 Å². The lowest BCUT2D eigenvalue weighted by Gasteiger charge is -2.04. The van der Waals surface area contributed by atoms with E-state index < -0.39 is 0 Å². The van der Waals surface area contributed by atoms with Gasteiger partial charge in [-0.15, -0.1) is 0 Å². The van der Waals surface area contributed by atoms with Crippen molar-refractivity contribution in [3.05, 3.63) is 76.9 Å². The summed E-state index contributed by atoms with van der Waals surface area (Å²) in [6.07, 6.45) is 3.91. The number of hydrogen-bond donors (Lipinski definition) is 3. The highest BCUT2D eigenvalue weighted by Gasteiger charge is 2.01. The highest BCUT2D eigenvalue weighted by molar-refractivity contribution is 5.94. The van der Waals surface area contributed by atoms with Crippen molar-refractivity contribution in [2.45, 2.75) is 13.0 Å². The second kappa shape index (κ2) is 9.39. The van der Waals surface area contributed by atoms with Gasteiger partial charge >= 0.3 is 0 Å². The third kappa shape index (κ3) is 5.90. The van der Waals surface area contributed by atoms with Gasteiger partial charge in [0.05, 0.1) is 6.61 Å². The molecule has 0 heterocycles. The molecule has 0 saturated heterocycles. The third-order valence-electron chi connectivity index (χ3n) is 3.75. The molecule has 3 N–H and O–H groups in total. The Kier molecular flexibility index (Phi) is 6.92. The van der Waals surface area contributed by atoms with Crippen LogP contribution in [0.2, 0.25) is 0 Å². The average Bonchev–Trinajstić information content (AvgIpc) is 2.66. The van der Waals surface area contributed by atoms with Gasteiger partial charge in [0.25, 0.3) is 5.91 Å². The molecule has 2 amide bonds. The minimum atomic E-state index is -0.164. The number of aliphatic hydroxyl groups is 1. The summed E-state index contributed by atoms with van der Waals surface area (Å²) in [4.78, 5) is 23.3. The topological polar surface area (TPSA) is 78.4 Å². The van der Waals surface area contributed by atoms with Crippen LogP contribution in [0.25, 0.3) is 6.08 Å². The zero-order valence-electron chi connectivity index (χ0n) is 14.2.